The normalized spacial score (nSPS) is 33.6. The van der Waals surface area contributed by atoms with Gasteiger partial charge in [0.1, 0.15) is 12.2 Å². The maximum absolute atomic E-state index is 12.0. The Morgan fingerprint density at radius 2 is 2.04 bits per heavy atom. The van der Waals surface area contributed by atoms with Gasteiger partial charge in [-0.3, -0.25) is 4.79 Å². The van der Waals surface area contributed by atoms with E-state index < -0.39 is 48.1 Å². The minimum Gasteiger partial charge on any atom is -0.465 e. The van der Waals surface area contributed by atoms with Gasteiger partial charge in [0.15, 0.2) is 0 Å². The van der Waals surface area contributed by atoms with E-state index in [1.165, 1.54) is 14.0 Å². The number of methoxy groups -OCH3 is 2. The van der Waals surface area contributed by atoms with Crippen LogP contribution in [0.1, 0.15) is 13.3 Å². The Hall–Kier alpha value is -1.30. The molecule has 0 bridgehead atoms. The monoisotopic (exact) mass is 336 g/mol. The van der Waals surface area contributed by atoms with Crippen LogP contribution in [0.15, 0.2) is 0 Å². The first-order chi connectivity index (χ1) is 10.7. The van der Waals surface area contributed by atoms with E-state index in [1.807, 2.05) is 0 Å². The van der Waals surface area contributed by atoms with Gasteiger partial charge < -0.3 is 40.6 Å². The average Bonchev–Trinajstić information content (AvgIpc) is 2.53. The van der Waals surface area contributed by atoms with Gasteiger partial charge in [0.2, 0.25) is 5.91 Å². The molecule has 1 unspecified atom stereocenters. The molecule has 1 saturated heterocycles. The SMILES string of the molecule is COC(=O)C1(OC)C[C@H](O)[C@@H](NC(C)=O)[C@H]([C@H](O)[C@H](O)CN)O1. The Balaban J connectivity index is 3.17. The van der Waals surface area contributed by atoms with Gasteiger partial charge in [-0.1, -0.05) is 0 Å². The molecule has 6 N–H and O–H groups in total. The number of hydrogen-bond acceptors (Lipinski definition) is 9. The van der Waals surface area contributed by atoms with E-state index in [4.69, 9.17) is 15.2 Å². The first-order valence-electron chi connectivity index (χ1n) is 7.05. The van der Waals surface area contributed by atoms with Crippen LogP contribution in [0.2, 0.25) is 0 Å². The highest BCUT2D eigenvalue weighted by atomic mass is 16.7. The summed E-state index contributed by atoms with van der Waals surface area (Å²) in [5.74, 6) is -3.37. The van der Waals surface area contributed by atoms with Crippen molar-refractivity contribution in [2.45, 2.75) is 49.6 Å². The molecule has 1 aliphatic rings. The van der Waals surface area contributed by atoms with Gasteiger partial charge in [0.25, 0.3) is 5.79 Å². The molecule has 1 fully saturated rings. The number of amides is 1. The van der Waals surface area contributed by atoms with E-state index in [2.05, 4.69) is 10.1 Å². The Morgan fingerprint density at radius 1 is 1.43 bits per heavy atom. The summed E-state index contributed by atoms with van der Waals surface area (Å²) < 4.78 is 15.2. The summed E-state index contributed by atoms with van der Waals surface area (Å²) in [5.41, 5.74) is 5.31. The predicted molar refractivity (Wildman–Crippen MR) is 75.9 cm³/mol. The molecule has 0 aliphatic carbocycles. The Kier molecular flexibility index (Phi) is 6.86. The zero-order valence-corrected chi connectivity index (χ0v) is 13.3. The third-order valence-electron chi connectivity index (χ3n) is 3.74. The second-order valence-corrected chi connectivity index (χ2v) is 5.32. The summed E-state index contributed by atoms with van der Waals surface area (Å²) in [6, 6.07) is -1.07. The van der Waals surface area contributed by atoms with Crippen molar-refractivity contribution < 1.29 is 39.1 Å². The van der Waals surface area contributed by atoms with Gasteiger partial charge in [0, 0.05) is 27.0 Å². The third kappa shape index (κ3) is 4.16. The van der Waals surface area contributed by atoms with Gasteiger partial charge in [-0.15, -0.1) is 0 Å². The third-order valence-corrected chi connectivity index (χ3v) is 3.74. The Bertz CT molecular complexity index is 434. The zero-order chi connectivity index (χ0) is 17.8. The summed E-state index contributed by atoms with van der Waals surface area (Å²) in [5, 5.41) is 32.7. The molecule has 0 radical (unpaired) electrons. The van der Waals surface area contributed by atoms with Crippen molar-refractivity contribution >= 4 is 11.9 Å². The number of nitrogens with two attached hydrogens (primary N) is 1. The van der Waals surface area contributed by atoms with Crippen LogP contribution >= 0.6 is 0 Å². The lowest BCUT2D eigenvalue weighted by atomic mass is 9.88. The van der Waals surface area contributed by atoms with E-state index in [-0.39, 0.29) is 13.0 Å². The molecule has 23 heavy (non-hydrogen) atoms. The highest BCUT2D eigenvalue weighted by molar-refractivity contribution is 5.78. The molecule has 1 aliphatic heterocycles. The van der Waals surface area contributed by atoms with Gasteiger partial charge >= 0.3 is 5.97 Å². The predicted octanol–water partition coefficient (Wildman–Crippen LogP) is -3.16. The number of hydrogen-bond donors (Lipinski definition) is 5. The second kappa shape index (κ2) is 7.99. The number of carbonyl (C=O) groups excluding carboxylic acids is 2. The Morgan fingerprint density at radius 3 is 2.48 bits per heavy atom. The van der Waals surface area contributed by atoms with Crippen LogP contribution in [0.4, 0.5) is 0 Å². The quantitative estimate of drug-likeness (QED) is 0.315. The smallest absolute Gasteiger partial charge is 0.366 e. The van der Waals surface area contributed by atoms with Crippen LogP contribution < -0.4 is 11.1 Å². The summed E-state index contributed by atoms with van der Waals surface area (Å²) in [4.78, 5) is 23.3. The van der Waals surface area contributed by atoms with Crippen LogP contribution in [0, 0.1) is 0 Å². The van der Waals surface area contributed by atoms with Crippen molar-refractivity contribution in [2.24, 2.45) is 5.73 Å². The van der Waals surface area contributed by atoms with Crippen molar-refractivity contribution in [1.82, 2.24) is 5.32 Å². The highest BCUT2D eigenvalue weighted by Gasteiger charge is 2.55. The largest absolute Gasteiger partial charge is 0.465 e. The number of ether oxygens (including phenoxy) is 3. The van der Waals surface area contributed by atoms with Crippen molar-refractivity contribution in [3.8, 4) is 0 Å². The molecule has 0 saturated carbocycles. The van der Waals surface area contributed by atoms with E-state index >= 15 is 0 Å². The van der Waals surface area contributed by atoms with E-state index in [0.717, 1.165) is 7.11 Å². The summed E-state index contributed by atoms with van der Waals surface area (Å²) >= 11 is 0. The number of esters is 1. The van der Waals surface area contributed by atoms with E-state index in [1.54, 1.807) is 0 Å². The molecule has 0 spiro atoms. The van der Waals surface area contributed by atoms with Crippen molar-refractivity contribution in [1.29, 1.82) is 0 Å². The fraction of sp³-hybridized carbons (Fsp3) is 0.846. The van der Waals surface area contributed by atoms with Crippen molar-refractivity contribution in [3.63, 3.8) is 0 Å². The number of nitrogens with one attached hydrogen (secondary N) is 1. The van der Waals surface area contributed by atoms with Crippen LogP contribution in [0.3, 0.4) is 0 Å². The summed E-state index contributed by atoms with van der Waals surface area (Å²) in [6.07, 6.45) is -5.94. The van der Waals surface area contributed by atoms with E-state index in [0.29, 0.717) is 0 Å². The zero-order valence-electron chi connectivity index (χ0n) is 13.3. The Labute approximate surface area is 133 Å². The molecular weight excluding hydrogens is 312 g/mol. The van der Waals surface area contributed by atoms with Crippen LogP contribution in [-0.4, -0.2) is 84.2 Å². The number of aliphatic hydroxyl groups excluding tert-OH is 3. The molecule has 0 aromatic heterocycles. The van der Waals surface area contributed by atoms with Crippen LogP contribution in [0.5, 0.6) is 0 Å². The molecule has 134 valence electrons. The molecular formula is C13H24N2O8. The molecule has 1 heterocycles. The number of aliphatic hydroxyl groups is 3. The average molecular weight is 336 g/mol. The lowest BCUT2D eigenvalue weighted by Gasteiger charge is -2.46. The van der Waals surface area contributed by atoms with Gasteiger partial charge in [-0.25, -0.2) is 4.79 Å². The van der Waals surface area contributed by atoms with Crippen molar-refractivity contribution in [2.75, 3.05) is 20.8 Å². The molecule has 1 rings (SSSR count). The fourth-order valence-corrected chi connectivity index (χ4v) is 2.52. The molecule has 1 amide bonds. The summed E-state index contributed by atoms with van der Waals surface area (Å²) in [7, 11) is 2.28. The maximum atomic E-state index is 12.0. The standard InChI is InChI=1S/C13H24N2O8/c1-6(16)15-9-7(17)4-13(22-3,12(20)21-2)23-11(9)10(19)8(18)5-14/h7-11,17-19H,4-5,14H2,1-3H3,(H,15,16)/t7-,8+,9+,10+,11+,13?/m0/s1. The molecule has 10 heteroatoms. The van der Waals surface area contributed by atoms with Gasteiger partial charge in [-0.2, -0.15) is 0 Å². The lowest BCUT2D eigenvalue weighted by Crippen LogP contribution is -2.68. The van der Waals surface area contributed by atoms with Gasteiger partial charge in [0.05, 0.1) is 25.4 Å². The molecule has 6 atom stereocenters. The number of carbonyl (C=O) groups is 2. The molecule has 0 aromatic carbocycles. The van der Waals surface area contributed by atoms with Crippen LogP contribution in [-0.2, 0) is 23.8 Å². The van der Waals surface area contributed by atoms with Crippen molar-refractivity contribution in [3.05, 3.63) is 0 Å². The maximum Gasteiger partial charge on any atom is 0.366 e. The minimum atomic E-state index is -1.97. The van der Waals surface area contributed by atoms with Gasteiger partial charge in [-0.05, 0) is 0 Å². The molecule has 0 aromatic rings. The number of rotatable bonds is 6. The summed E-state index contributed by atoms with van der Waals surface area (Å²) in [6.45, 7) is 0.927. The van der Waals surface area contributed by atoms with E-state index in [9.17, 15) is 24.9 Å². The second-order valence-electron chi connectivity index (χ2n) is 5.32. The first kappa shape index (κ1) is 19.7. The van der Waals surface area contributed by atoms with Crippen LogP contribution in [0.25, 0.3) is 0 Å². The highest BCUT2D eigenvalue weighted by Crippen LogP contribution is 2.33. The lowest BCUT2D eigenvalue weighted by molar-refractivity contribution is -0.304. The topological polar surface area (TPSA) is 161 Å². The minimum absolute atomic E-state index is 0.290. The molecule has 10 nitrogen and oxygen atoms in total. The fourth-order valence-electron chi connectivity index (χ4n) is 2.52. The first-order valence-corrected chi connectivity index (χ1v) is 7.05.